The summed E-state index contributed by atoms with van der Waals surface area (Å²) in [6, 6.07) is 2.70. The fourth-order valence-electron chi connectivity index (χ4n) is 1.46. The molecule has 0 aliphatic heterocycles. The van der Waals surface area contributed by atoms with E-state index < -0.39 is 10.9 Å². The number of fused-ring (bicyclic) bond motifs is 1. The van der Waals surface area contributed by atoms with Crippen LogP contribution >= 0.6 is 0 Å². The van der Waals surface area contributed by atoms with Crippen LogP contribution in [0.15, 0.2) is 18.3 Å². The van der Waals surface area contributed by atoms with Crippen molar-refractivity contribution in [1.82, 2.24) is 9.38 Å². The Morgan fingerprint density at radius 1 is 1.56 bits per heavy atom. The highest BCUT2D eigenvalue weighted by Crippen LogP contribution is 2.17. The number of nitro groups is 1. The molecule has 0 aliphatic rings. The SMILES string of the molecule is Cc1c(C(=O)O)nc2ccc([N+](=O)[O-])cn12. The van der Waals surface area contributed by atoms with Crippen molar-refractivity contribution in [1.29, 1.82) is 0 Å². The third-order valence-electron chi connectivity index (χ3n) is 2.26. The predicted molar refractivity (Wildman–Crippen MR) is 53.5 cm³/mol. The summed E-state index contributed by atoms with van der Waals surface area (Å²) in [5.41, 5.74) is 0.539. The minimum atomic E-state index is -1.15. The number of carbonyl (C=O) groups is 1. The molecule has 0 saturated heterocycles. The molecule has 7 heteroatoms. The van der Waals surface area contributed by atoms with Crippen molar-refractivity contribution < 1.29 is 14.8 Å². The number of aromatic nitrogens is 2. The van der Waals surface area contributed by atoms with E-state index in [-0.39, 0.29) is 11.4 Å². The lowest BCUT2D eigenvalue weighted by Crippen LogP contribution is -1.99. The van der Waals surface area contributed by atoms with Gasteiger partial charge in [0.25, 0.3) is 5.69 Å². The van der Waals surface area contributed by atoms with E-state index in [2.05, 4.69) is 4.98 Å². The second kappa shape index (κ2) is 3.30. The summed E-state index contributed by atoms with van der Waals surface area (Å²) < 4.78 is 1.39. The van der Waals surface area contributed by atoms with Crippen molar-refractivity contribution in [2.24, 2.45) is 0 Å². The molecular formula is C9H7N3O4. The van der Waals surface area contributed by atoms with E-state index in [4.69, 9.17) is 5.11 Å². The average Bonchev–Trinajstić information content (AvgIpc) is 2.56. The van der Waals surface area contributed by atoms with Crippen LogP contribution < -0.4 is 0 Å². The molecule has 0 saturated carbocycles. The van der Waals surface area contributed by atoms with E-state index in [9.17, 15) is 14.9 Å². The first kappa shape index (κ1) is 10.1. The largest absolute Gasteiger partial charge is 0.476 e. The number of aromatic carboxylic acids is 1. The number of carboxylic acid groups (broad SMARTS) is 1. The second-order valence-corrected chi connectivity index (χ2v) is 3.22. The van der Waals surface area contributed by atoms with Crippen molar-refractivity contribution in [3.05, 3.63) is 39.8 Å². The zero-order chi connectivity index (χ0) is 11.9. The molecule has 0 bridgehead atoms. The highest BCUT2D eigenvalue weighted by molar-refractivity contribution is 5.87. The van der Waals surface area contributed by atoms with E-state index >= 15 is 0 Å². The topological polar surface area (TPSA) is 97.7 Å². The van der Waals surface area contributed by atoms with Gasteiger partial charge in [0, 0.05) is 6.07 Å². The fourth-order valence-corrected chi connectivity index (χ4v) is 1.46. The van der Waals surface area contributed by atoms with Crippen LogP contribution in [0.1, 0.15) is 16.2 Å². The summed E-state index contributed by atoms with van der Waals surface area (Å²) in [6.45, 7) is 1.55. The average molecular weight is 221 g/mol. The lowest BCUT2D eigenvalue weighted by atomic mass is 10.3. The van der Waals surface area contributed by atoms with Gasteiger partial charge in [0.2, 0.25) is 0 Å². The molecule has 0 aromatic carbocycles. The third kappa shape index (κ3) is 1.38. The Kier molecular flexibility index (Phi) is 2.08. The standard InChI is InChI=1S/C9H7N3O4/c1-5-8(9(13)14)10-7-3-2-6(12(15)16)4-11(5)7/h2-4H,1H3,(H,13,14). The molecule has 1 N–H and O–H groups in total. The zero-order valence-corrected chi connectivity index (χ0v) is 8.25. The van der Waals surface area contributed by atoms with Crippen LogP contribution in [-0.2, 0) is 0 Å². The normalized spacial score (nSPS) is 10.6. The Bertz CT molecular complexity index is 602. The van der Waals surface area contributed by atoms with E-state index in [1.165, 1.54) is 22.7 Å². The maximum atomic E-state index is 10.8. The molecule has 0 atom stereocenters. The van der Waals surface area contributed by atoms with Crippen molar-refractivity contribution in [3.63, 3.8) is 0 Å². The maximum absolute atomic E-state index is 10.8. The van der Waals surface area contributed by atoms with E-state index in [1.807, 2.05) is 0 Å². The highest BCUT2D eigenvalue weighted by atomic mass is 16.6. The van der Waals surface area contributed by atoms with Gasteiger partial charge in [-0.3, -0.25) is 14.5 Å². The molecule has 0 aliphatic carbocycles. The second-order valence-electron chi connectivity index (χ2n) is 3.22. The van der Waals surface area contributed by atoms with Crippen LogP contribution in [0, 0.1) is 17.0 Å². The van der Waals surface area contributed by atoms with Gasteiger partial charge in [-0.2, -0.15) is 0 Å². The van der Waals surface area contributed by atoms with Gasteiger partial charge in [0.15, 0.2) is 5.69 Å². The number of rotatable bonds is 2. The molecule has 0 amide bonds. The zero-order valence-electron chi connectivity index (χ0n) is 8.25. The Morgan fingerprint density at radius 2 is 2.25 bits per heavy atom. The minimum Gasteiger partial charge on any atom is -0.476 e. The smallest absolute Gasteiger partial charge is 0.356 e. The quantitative estimate of drug-likeness (QED) is 0.607. The van der Waals surface area contributed by atoms with Crippen LogP contribution in [0.2, 0.25) is 0 Å². The van der Waals surface area contributed by atoms with Crippen molar-refractivity contribution in [3.8, 4) is 0 Å². The first-order chi connectivity index (χ1) is 7.50. The minimum absolute atomic E-state index is 0.0968. The number of carboxylic acids is 1. The molecule has 0 spiro atoms. The van der Waals surface area contributed by atoms with Crippen molar-refractivity contribution in [2.75, 3.05) is 0 Å². The molecule has 0 fully saturated rings. The summed E-state index contributed by atoms with van der Waals surface area (Å²) in [5.74, 6) is -1.15. The maximum Gasteiger partial charge on any atom is 0.356 e. The number of imidazole rings is 1. The molecule has 0 radical (unpaired) electrons. The van der Waals surface area contributed by atoms with Gasteiger partial charge < -0.3 is 5.11 Å². The predicted octanol–water partition coefficient (Wildman–Crippen LogP) is 1.25. The van der Waals surface area contributed by atoms with Gasteiger partial charge in [-0.25, -0.2) is 9.78 Å². The van der Waals surface area contributed by atoms with Gasteiger partial charge in [0.1, 0.15) is 5.65 Å². The summed E-state index contributed by atoms with van der Waals surface area (Å²) in [4.78, 5) is 24.7. The van der Waals surface area contributed by atoms with E-state index in [0.29, 0.717) is 11.3 Å². The molecule has 0 unspecified atom stereocenters. The van der Waals surface area contributed by atoms with Gasteiger partial charge >= 0.3 is 5.97 Å². The lowest BCUT2D eigenvalue weighted by molar-refractivity contribution is -0.385. The van der Waals surface area contributed by atoms with Gasteiger partial charge in [-0.1, -0.05) is 0 Å². The number of hydrogen-bond acceptors (Lipinski definition) is 4. The number of pyridine rings is 1. The fraction of sp³-hybridized carbons (Fsp3) is 0.111. The lowest BCUT2D eigenvalue weighted by Gasteiger charge is -1.96. The Labute approximate surface area is 89.1 Å². The molecule has 2 aromatic heterocycles. The number of hydrogen-bond donors (Lipinski definition) is 1. The van der Waals surface area contributed by atoms with Crippen molar-refractivity contribution in [2.45, 2.75) is 6.92 Å². The first-order valence-corrected chi connectivity index (χ1v) is 4.37. The number of aryl methyl sites for hydroxylation is 1. The van der Waals surface area contributed by atoms with Crippen LogP contribution in [0.5, 0.6) is 0 Å². The molecule has 2 aromatic rings. The Morgan fingerprint density at radius 3 is 2.81 bits per heavy atom. The van der Waals surface area contributed by atoms with Crippen molar-refractivity contribution >= 4 is 17.3 Å². The third-order valence-corrected chi connectivity index (χ3v) is 2.26. The van der Waals surface area contributed by atoms with E-state index in [0.717, 1.165) is 0 Å². The molecule has 2 heterocycles. The van der Waals surface area contributed by atoms with Crippen LogP contribution in [0.3, 0.4) is 0 Å². The Balaban J connectivity index is 2.73. The van der Waals surface area contributed by atoms with Crippen LogP contribution in [0.25, 0.3) is 5.65 Å². The molecule has 82 valence electrons. The summed E-state index contributed by atoms with van der Waals surface area (Å²) >= 11 is 0. The molecule has 16 heavy (non-hydrogen) atoms. The molecule has 2 rings (SSSR count). The highest BCUT2D eigenvalue weighted by Gasteiger charge is 2.16. The molecular weight excluding hydrogens is 214 g/mol. The van der Waals surface area contributed by atoms with Crippen LogP contribution in [-0.4, -0.2) is 25.4 Å². The monoisotopic (exact) mass is 221 g/mol. The number of nitrogens with zero attached hydrogens (tertiary/aromatic N) is 3. The summed E-state index contributed by atoms with van der Waals surface area (Å²) in [6.07, 6.45) is 1.25. The summed E-state index contributed by atoms with van der Waals surface area (Å²) in [7, 11) is 0. The van der Waals surface area contributed by atoms with Gasteiger partial charge in [-0.15, -0.1) is 0 Å². The van der Waals surface area contributed by atoms with Gasteiger partial charge in [-0.05, 0) is 13.0 Å². The van der Waals surface area contributed by atoms with E-state index in [1.54, 1.807) is 6.92 Å². The first-order valence-electron chi connectivity index (χ1n) is 4.37. The van der Waals surface area contributed by atoms with Gasteiger partial charge in [0.05, 0.1) is 16.8 Å². The van der Waals surface area contributed by atoms with Crippen LogP contribution in [0.4, 0.5) is 5.69 Å². The summed E-state index contributed by atoms with van der Waals surface area (Å²) in [5, 5.41) is 19.4. The molecule has 7 nitrogen and oxygen atoms in total. The Hall–Kier alpha value is -2.44.